The number of rotatable bonds is 7. The van der Waals surface area contributed by atoms with Crippen LogP contribution in [-0.4, -0.2) is 46.5 Å². The van der Waals surface area contributed by atoms with E-state index in [-0.39, 0.29) is 11.6 Å². The zero-order chi connectivity index (χ0) is 16.9. The predicted octanol–water partition coefficient (Wildman–Crippen LogP) is 1.78. The number of amides is 1. The van der Waals surface area contributed by atoms with Crippen LogP contribution in [0, 0.1) is 0 Å². The van der Waals surface area contributed by atoms with Crippen molar-refractivity contribution in [3.05, 3.63) is 34.2 Å². The molecule has 6 nitrogen and oxygen atoms in total. The number of hydrogen-bond acceptors (Lipinski definition) is 3. The van der Waals surface area contributed by atoms with Gasteiger partial charge in [0.1, 0.15) is 0 Å². The third-order valence-electron chi connectivity index (χ3n) is 4.70. The van der Waals surface area contributed by atoms with Crippen LogP contribution < -0.4 is 11.0 Å². The Morgan fingerprint density at radius 2 is 2.12 bits per heavy atom. The molecule has 1 unspecified atom stereocenters. The maximum absolute atomic E-state index is 12.6. The minimum atomic E-state index is -0.183. The quantitative estimate of drug-likeness (QED) is 0.724. The topological polar surface area (TPSA) is 81.0 Å². The van der Waals surface area contributed by atoms with E-state index >= 15 is 0 Å². The third-order valence-corrected chi connectivity index (χ3v) is 4.70. The minimum Gasteiger partial charge on any atom is -0.338 e. The Bertz CT molecular complexity index is 743. The maximum atomic E-state index is 12.6. The van der Waals surface area contributed by atoms with Crippen LogP contribution in [0.5, 0.6) is 0 Å². The summed E-state index contributed by atoms with van der Waals surface area (Å²) in [7, 11) is 0. The van der Waals surface area contributed by atoms with Crippen molar-refractivity contribution in [2.45, 2.75) is 45.1 Å². The number of hydrogen-bond donors (Lipinski definition) is 3. The van der Waals surface area contributed by atoms with Crippen molar-refractivity contribution in [1.29, 1.82) is 0 Å². The molecule has 130 valence electrons. The van der Waals surface area contributed by atoms with Crippen molar-refractivity contribution in [2.75, 3.05) is 19.6 Å². The molecule has 1 aliphatic rings. The van der Waals surface area contributed by atoms with E-state index in [0.29, 0.717) is 12.5 Å². The number of aryl methyl sites for hydroxylation is 1. The Morgan fingerprint density at radius 3 is 2.88 bits per heavy atom. The molecule has 1 aromatic carbocycles. The summed E-state index contributed by atoms with van der Waals surface area (Å²) >= 11 is 0. The largest absolute Gasteiger partial charge is 0.338 e. The van der Waals surface area contributed by atoms with E-state index in [4.69, 9.17) is 0 Å². The number of aromatic amines is 2. The molecule has 6 heteroatoms. The molecular formula is C18H26N4O2. The summed E-state index contributed by atoms with van der Waals surface area (Å²) < 4.78 is 0. The summed E-state index contributed by atoms with van der Waals surface area (Å²) in [5.74, 6) is 0.265. The van der Waals surface area contributed by atoms with Crippen LogP contribution >= 0.6 is 0 Å². The highest BCUT2D eigenvalue weighted by molar-refractivity contribution is 5.77. The van der Waals surface area contributed by atoms with Crippen molar-refractivity contribution in [2.24, 2.45) is 0 Å². The van der Waals surface area contributed by atoms with Crippen LogP contribution in [0.15, 0.2) is 23.0 Å². The first kappa shape index (κ1) is 16.8. The number of aromatic nitrogens is 2. The predicted molar refractivity (Wildman–Crippen MR) is 95.1 cm³/mol. The lowest BCUT2D eigenvalue weighted by atomic mass is 10.1. The van der Waals surface area contributed by atoms with Crippen LogP contribution in [-0.2, 0) is 11.2 Å². The van der Waals surface area contributed by atoms with Gasteiger partial charge in [-0.1, -0.05) is 13.0 Å². The Kier molecular flexibility index (Phi) is 5.35. The first-order valence-electron chi connectivity index (χ1n) is 8.88. The van der Waals surface area contributed by atoms with Crippen LogP contribution in [0.2, 0.25) is 0 Å². The molecule has 2 heterocycles. The molecule has 0 spiro atoms. The summed E-state index contributed by atoms with van der Waals surface area (Å²) in [6, 6.07) is 6.28. The van der Waals surface area contributed by atoms with Gasteiger partial charge in [0.2, 0.25) is 5.91 Å². The number of carbonyl (C=O) groups excluding carboxylic acids is 1. The molecule has 3 N–H and O–H groups in total. The number of nitrogens with one attached hydrogen (secondary N) is 3. The molecule has 1 fully saturated rings. The maximum Gasteiger partial charge on any atom is 0.323 e. The zero-order valence-corrected chi connectivity index (χ0v) is 14.2. The molecule has 1 saturated heterocycles. The lowest BCUT2D eigenvalue weighted by Crippen LogP contribution is -2.42. The van der Waals surface area contributed by atoms with Crippen molar-refractivity contribution in [3.8, 4) is 0 Å². The van der Waals surface area contributed by atoms with Crippen LogP contribution in [0.4, 0.5) is 0 Å². The van der Waals surface area contributed by atoms with E-state index in [1.54, 1.807) is 0 Å². The highest BCUT2D eigenvalue weighted by atomic mass is 16.2. The van der Waals surface area contributed by atoms with Gasteiger partial charge in [-0.15, -0.1) is 0 Å². The first-order chi connectivity index (χ1) is 11.7. The van der Waals surface area contributed by atoms with E-state index in [9.17, 15) is 9.59 Å². The van der Waals surface area contributed by atoms with Gasteiger partial charge in [-0.05, 0) is 49.9 Å². The molecule has 2 aromatic rings. The Hall–Kier alpha value is -2.08. The highest BCUT2D eigenvalue weighted by Gasteiger charge is 2.25. The summed E-state index contributed by atoms with van der Waals surface area (Å²) in [5.41, 5.74) is 2.61. The van der Waals surface area contributed by atoms with Gasteiger partial charge in [0.05, 0.1) is 11.0 Å². The molecule has 1 atom stereocenters. The van der Waals surface area contributed by atoms with Gasteiger partial charge in [0.15, 0.2) is 0 Å². The lowest BCUT2D eigenvalue weighted by Gasteiger charge is -2.28. The second-order valence-corrected chi connectivity index (χ2v) is 6.55. The van der Waals surface area contributed by atoms with Crippen molar-refractivity contribution < 1.29 is 4.79 Å². The van der Waals surface area contributed by atoms with E-state index in [2.05, 4.69) is 27.1 Å². The van der Waals surface area contributed by atoms with E-state index in [1.807, 2.05) is 18.2 Å². The van der Waals surface area contributed by atoms with E-state index < -0.39 is 0 Å². The molecule has 3 rings (SSSR count). The summed E-state index contributed by atoms with van der Waals surface area (Å²) in [6.07, 6.45) is 4.32. The minimum absolute atomic E-state index is 0.183. The molecular weight excluding hydrogens is 304 g/mol. The van der Waals surface area contributed by atoms with Gasteiger partial charge in [-0.2, -0.15) is 0 Å². The van der Waals surface area contributed by atoms with Gasteiger partial charge in [-0.25, -0.2) is 4.79 Å². The third kappa shape index (κ3) is 3.87. The van der Waals surface area contributed by atoms with Gasteiger partial charge < -0.3 is 20.2 Å². The molecule has 0 saturated carbocycles. The standard InChI is InChI=1S/C18H26N4O2/c1-2-10-22(14-8-9-19-12-14)17(23)5-3-4-13-6-7-15-16(11-13)21-18(24)20-15/h6-7,11,14,19H,2-5,8-10,12H2,1H3,(H2,20,21,24). The van der Waals surface area contributed by atoms with Gasteiger partial charge in [-0.3, -0.25) is 4.79 Å². The van der Waals surface area contributed by atoms with Gasteiger partial charge in [0.25, 0.3) is 0 Å². The smallest absolute Gasteiger partial charge is 0.323 e. The molecule has 1 amide bonds. The van der Waals surface area contributed by atoms with Gasteiger partial charge >= 0.3 is 5.69 Å². The fraction of sp³-hybridized carbons (Fsp3) is 0.556. The fourth-order valence-electron chi connectivity index (χ4n) is 3.48. The monoisotopic (exact) mass is 330 g/mol. The Morgan fingerprint density at radius 1 is 1.29 bits per heavy atom. The number of carbonyl (C=O) groups is 1. The molecule has 0 radical (unpaired) electrons. The Labute approximate surface area is 141 Å². The number of H-pyrrole nitrogens is 2. The second kappa shape index (κ2) is 7.66. The SMILES string of the molecule is CCCN(C(=O)CCCc1ccc2[nH]c(=O)[nH]c2c1)C1CCNC1. The normalized spacial score (nSPS) is 17.5. The van der Waals surface area contributed by atoms with Crippen molar-refractivity contribution in [1.82, 2.24) is 20.2 Å². The summed E-state index contributed by atoms with van der Waals surface area (Å²) in [4.78, 5) is 31.5. The fourth-order valence-corrected chi connectivity index (χ4v) is 3.48. The molecule has 0 bridgehead atoms. The molecule has 0 aliphatic carbocycles. The van der Waals surface area contributed by atoms with E-state index in [0.717, 1.165) is 61.9 Å². The number of nitrogens with zero attached hydrogens (tertiary/aromatic N) is 1. The number of imidazole rings is 1. The van der Waals surface area contributed by atoms with Crippen LogP contribution in [0.1, 0.15) is 38.2 Å². The first-order valence-corrected chi connectivity index (χ1v) is 8.88. The Balaban J connectivity index is 1.55. The average molecular weight is 330 g/mol. The highest BCUT2D eigenvalue weighted by Crippen LogP contribution is 2.15. The number of fused-ring (bicyclic) bond motifs is 1. The molecule has 1 aliphatic heterocycles. The molecule has 1 aromatic heterocycles. The summed E-state index contributed by atoms with van der Waals surface area (Å²) in [5, 5.41) is 3.34. The zero-order valence-electron chi connectivity index (χ0n) is 14.2. The average Bonchev–Trinajstić information content (AvgIpc) is 3.20. The lowest BCUT2D eigenvalue weighted by molar-refractivity contribution is -0.133. The number of benzene rings is 1. The van der Waals surface area contributed by atoms with Crippen molar-refractivity contribution >= 4 is 16.9 Å². The van der Waals surface area contributed by atoms with Crippen LogP contribution in [0.25, 0.3) is 11.0 Å². The second-order valence-electron chi connectivity index (χ2n) is 6.55. The molecule has 24 heavy (non-hydrogen) atoms. The summed E-state index contributed by atoms with van der Waals surface area (Å²) in [6.45, 7) is 4.90. The van der Waals surface area contributed by atoms with Gasteiger partial charge in [0, 0.05) is 25.6 Å². The van der Waals surface area contributed by atoms with Crippen LogP contribution in [0.3, 0.4) is 0 Å². The van der Waals surface area contributed by atoms with E-state index in [1.165, 1.54) is 0 Å². The van der Waals surface area contributed by atoms with Crippen molar-refractivity contribution in [3.63, 3.8) is 0 Å².